The van der Waals surface area contributed by atoms with E-state index in [1.807, 2.05) is 4.90 Å². The number of benzene rings is 1. The summed E-state index contributed by atoms with van der Waals surface area (Å²) < 4.78 is 10.8. The highest BCUT2D eigenvalue weighted by atomic mass is 16.5. The fourth-order valence-corrected chi connectivity index (χ4v) is 4.12. The van der Waals surface area contributed by atoms with Gasteiger partial charge in [0.1, 0.15) is 11.3 Å². The number of fused-ring (bicyclic) bond motifs is 1. The normalized spacial score (nSPS) is 18.1. The molecule has 0 aliphatic carbocycles. The van der Waals surface area contributed by atoms with Crippen molar-refractivity contribution in [2.45, 2.75) is 32.1 Å². The van der Waals surface area contributed by atoms with E-state index >= 15 is 0 Å². The van der Waals surface area contributed by atoms with Gasteiger partial charge in [0.15, 0.2) is 6.61 Å². The number of likely N-dealkylation sites (tertiary alicyclic amines) is 2. The van der Waals surface area contributed by atoms with E-state index in [-0.39, 0.29) is 24.3 Å². The van der Waals surface area contributed by atoms with E-state index in [0.29, 0.717) is 37.3 Å². The molecule has 0 spiro atoms. The SMILES string of the molecule is O=C(COc1ccc2ccc(=O)oc2c1)N1CCC(C(=O)N2CCCCC2)CC1. The van der Waals surface area contributed by atoms with Crippen LogP contribution >= 0.6 is 0 Å². The smallest absolute Gasteiger partial charge is 0.336 e. The second kappa shape index (κ2) is 8.68. The Morgan fingerprint density at radius 2 is 1.69 bits per heavy atom. The minimum atomic E-state index is -0.423. The predicted octanol–water partition coefficient (Wildman–Crippen LogP) is 2.42. The quantitative estimate of drug-likeness (QED) is 0.739. The van der Waals surface area contributed by atoms with Gasteiger partial charge in [-0.25, -0.2) is 4.79 Å². The molecule has 0 atom stereocenters. The molecule has 0 radical (unpaired) electrons. The van der Waals surface area contributed by atoms with Crippen molar-refractivity contribution in [2.24, 2.45) is 5.92 Å². The van der Waals surface area contributed by atoms with Crippen molar-refractivity contribution < 1.29 is 18.7 Å². The van der Waals surface area contributed by atoms with Crippen molar-refractivity contribution in [3.05, 3.63) is 40.8 Å². The number of carbonyl (C=O) groups excluding carboxylic acids is 2. The molecule has 3 heterocycles. The Balaban J connectivity index is 1.27. The fourth-order valence-electron chi connectivity index (χ4n) is 4.12. The zero-order chi connectivity index (χ0) is 20.2. The van der Waals surface area contributed by atoms with Gasteiger partial charge in [-0.2, -0.15) is 0 Å². The fraction of sp³-hybridized carbons (Fsp3) is 0.500. The van der Waals surface area contributed by atoms with Gasteiger partial charge in [-0.15, -0.1) is 0 Å². The molecule has 7 heteroatoms. The largest absolute Gasteiger partial charge is 0.484 e. The molecule has 1 aromatic carbocycles. The summed E-state index contributed by atoms with van der Waals surface area (Å²) in [6, 6.07) is 8.21. The van der Waals surface area contributed by atoms with Crippen LogP contribution in [0.4, 0.5) is 0 Å². The van der Waals surface area contributed by atoms with Crippen LogP contribution in [-0.2, 0) is 9.59 Å². The molecule has 2 aliphatic rings. The Kier molecular flexibility index (Phi) is 5.83. The minimum Gasteiger partial charge on any atom is -0.484 e. The molecule has 0 saturated carbocycles. The molecule has 2 amide bonds. The summed E-state index contributed by atoms with van der Waals surface area (Å²) in [5, 5.41) is 0.795. The Bertz CT molecular complexity index is 940. The topological polar surface area (TPSA) is 80.1 Å². The molecule has 0 unspecified atom stereocenters. The second-order valence-corrected chi connectivity index (χ2v) is 7.78. The van der Waals surface area contributed by atoms with Gasteiger partial charge in [0.05, 0.1) is 0 Å². The van der Waals surface area contributed by atoms with Gasteiger partial charge in [-0.05, 0) is 50.3 Å². The Morgan fingerprint density at radius 1 is 0.966 bits per heavy atom. The molecule has 1 aromatic heterocycles. The monoisotopic (exact) mass is 398 g/mol. The lowest BCUT2D eigenvalue weighted by Crippen LogP contribution is -2.46. The van der Waals surface area contributed by atoms with Crippen molar-refractivity contribution >= 4 is 22.8 Å². The van der Waals surface area contributed by atoms with E-state index in [1.54, 1.807) is 29.2 Å². The van der Waals surface area contributed by atoms with E-state index in [0.717, 1.165) is 31.3 Å². The summed E-state index contributed by atoms with van der Waals surface area (Å²) >= 11 is 0. The molecule has 2 saturated heterocycles. The first-order valence-electron chi connectivity index (χ1n) is 10.3. The molecule has 2 aliphatic heterocycles. The Morgan fingerprint density at radius 3 is 2.45 bits per heavy atom. The van der Waals surface area contributed by atoms with Crippen molar-refractivity contribution in [2.75, 3.05) is 32.8 Å². The van der Waals surface area contributed by atoms with E-state index in [2.05, 4.69) is 0 Å². The van der Waals surface area contributed by atoms with Crippen LogP contribution in [0.3, 0.4) is 0 Å². The average molecular weight is 398 g/mol. The highest BCUT2D eigenvalue weighted by Crippen LogP contribution is 2.23. The summed E-state index contributed by atoms with van der Waals surface area (Å²) in [6.07, 6.45) is 4.82. The average Bonchev–Trinajstić information content (AvgIpc) is 2.77. The van der Waals surface area contributed by atoms with E-state index < -0.39 is 5.63 Å². The van der Waals surface area contributed by atoms with E-state index in [1.165, 1.54) is 12.5 Å². The first-order chi connectivity index (χ1) is 14.1. The summed E-state index contributed by atoms with van der Waals surface area (Å²) in [5.41, 5.74) is 0.00665. The number of amides is 2. The molecule has 7 nitrogen and oxygen atoms in total. The minimum absolute atomic E-state index is 0.0291. The van der Waals surface area contributed by atoms with Crippen LogP contribution in [-0.4, -0.2) is 54.4 Å². The predicted molar refractivity (Wildman–Crippen MR) is 108 cm³/mol. The lowest BCUT2D eigenvalue weighted by atomic mass is 9.94. The first-order valence-corrected chi connectivity index (χ1v) is 10.3. The number of piperidine rings is 2. The van der Waals surface area contributed by atoms with Crippen molar-refractivity contribution in [1.82, 2.24) is 9.80 Å². The summed E-state index contributed by atoms with van der Waals surface area (Å²) in [5.74, 6) is 0.672. The third-order valence-electron chi connectivity index (χ3n) is 5.82. The van der Waals surface area contributed by atoms with Gasteiger partial charge < -0.3 is 19.0 Å². The molecule has 0 bridgehead atoms. The molecule has 2 aromatic rings. The van der Waals surface area contributed by atoms with E-state index in [9.17, 15) is 14.4 Å². The Hall–Kier alpha value is -2.83. The van der Waals surface area contributed by atoms with Gasteiger partial charge in [0, 0.05) is 49.6 Å². The molecular formula is C22H26N2O5. The lowest BCUT2D eigenvalue weighted by Gasteiger charge is -2.35. The zero-order valence-electron chi connectivity index (χ0n) is 16.5. The molecule has 29 heavy (non-hydrogen) atoms. The number of hydrogen-bond acceptors (Lipinski definition) is 5. The maximum Gasteiger partial charge on any atom is 0.336 e. The standard InChI is InChI=1S/C22H26N2O5/c25-20(15-28-18-6-4-16-5-7-21(26)29-19(16)14-18)23-12-8-17(9-13-23)22(27)24-10-2-1-3-11-24/h4-7,14,17H,1-3,8-13,15H2. The number of carbonyl (C=O) groups is 2. The van der Waals surface area contributed by atoms with Gasteiger partial charge >= 0.3 is 5.63 Å². The van der Waals surface area contributed by atoms with Gasteiger partial charge in [-0.3, -0.25) is 9.59 Å². The molecule has 154 valence electrons. The van der Waals surface area contributed by atoms with Crippen molar-refractivity contribution in [3.8, 4) is 5.75 Å². The number of ether oxygens (including phenoxy) is 1. The highest BCUT2D eigenvalue weighted by Gasteiger charge is 2.30. The molecular weight excluding hydrogens is 372 g/mol. The molecule has 2 fully saturated rings. The number of hydrogen-bond donors (Lipinski definition) is 0. The van der Waals surface area contributed by atoms with Crippen LogP contribution in [0.2, 0.25) is 0 Å². The third kappa shape index (κ3) is 4.60. The van der Waals surface area contributed by atoms with Crippen LogP contribution in [0.15, 0.2) is 39.5 Å². The van der Waals surface area contributed by atoms with E-state index in [4.69, 9.17) is 9.15 Å². The van der Waals surface area contributed by atoms with Crippen LogP contribution in [0.5, 0.6) is 5.75 Å². The Labute approximate surface area is 169 Å². The third-order valence-corrected chi connectivity index (χ3v) is 5.82. The first kappa shape index (κ1) is 19.5. The molecule has 0 N–H and O–H groups in total. The summed E-state index contributed by atoms with van der Waals surface area (Å²) in [4.78, 5) is 40.2. The lowest BCUT2D eigenvalue weighted by molar-refractivity contribution is -0.142. The van der Waals surface area contributed by atoms with Crippen LogP contribution in [0, 0.1) is 5.92 Å². The number of rotatable bonds is 4. The number of nitrogens with zero attached hydrogens (tertiary/aromatic N) is 2. The summed E-state index contributed by atoms with van der Waals surface area (Å²) in [7, 11) is 0. The van der Waals surface area contributed by atoms with Crippen molar-refractivity contribution in [1.29, 1.82) is 0 Å². The van der Waals surface area contributed by atoms with Crippen LogP contribution in [0.25, 0.3) is 11.0 Å². The zero-order valence-corrected chi connectivity index (χ0v) is 16.5. The van der Waals surface area contributed by atoms with Gasteiger partial charge in [0.25, 0.3) is 5.91 Å². The maximum absolute atomic E-state index is 12.6. The maximum atomic E-state index is 12.6. The van der Waals surface area contributed by atoms with Crippen molar-refractivity contribution in [3.63, 3.8) is 0 Å². The second-order valence-electron chi connectivity index (χ2n) is 7.78. The molecule has 4 rings (SSSR count). The van der Waals surface area contributed by atoms with Crippen LogP contribution < -0.4 is 10.4 Å². The summed E-state index contributed by atoms with van der Waals surface area (Å²) in [6.45, 7) is 2.83. The highest BCUT2D eigenvalue weighted by molar-refractivity contribution is 5.81. The van der Waals surface area contributed by atoms with Gasteiger partial charge in [0.2, 0.25) is 5.91 Å². The van der Waals surface area contributed by atoms with Crippen LogP contribution in [0.1, 0.15) is 32.1 Å². The van der Waals surface area contributed by atoms with Gasteiger partial charge in [-0.1, -0.05) is 0 Å².